The van der Waals surface area contributed by atoms with Gasteiger partial charge in [0.15, 0.2) is 0 Å². The molecule has 3 aromatic rings. The van der Waals surface area contributed by atoms with E-state index in [-0.39, 0.29) is 6.04 Å². The fraction of sp³-hybridized carbons (Fsp3) is 0.176. The van der Waals surface area contributed by atoms with Gasteiger partial charge >= 0.3 is 0 Å². The summed E-state index contributed by atoms with van der Waals surface area (Å²) >= 11 is 1.52. The molecule has 1 aromatic heterocycles. The van der Waals surface area contributed by atoms with Crippen LogP contribution in [0.5, 0.6) is 0 Å². The van der Waals surface area contributed by atoms with Crippen LogP contribution in [0, 0.1) is 13.8 Å². The fourth-order valence-corrected chi connectivity index (χ4v) is 2.97. The van der Waals surface area contributed by atoms with Crippen molar-refractivity contribution < 1.29 is 0 Å². The maximum atomic E-state index is 4.11. The first-order chi connectivity index (χ1) is 10.2. The molecule has 0 aliphatic heterocycles. The van der Waals surface area contributed by atoms with Crippen molar-refractivity contribution in [1.29, 1.82) is 0 Å². The third kappa shape index (κ3) is 3.11. The van der Waals surface area contributed by atoms with Gasteiger partial charge in [-0.05, 0) is 30.5 Å². The highest BCUT2D eigenvalue weighted by molar-refractivity contribution is 7.13. The molecule has 1 atom stereocenters. The van der Waals surface area contributed by atoms with Crippen LogP contribution in [-0.4, -0.2) is 10.2 Å². The smallest absolute Gasteiger partial charge is 0.206 e. The van der Waals surface area contributed by atoms with Crippen LogP contribution in [0.25, 0.3) is 0 Å². The molecule has 0 amide bonds. The van der Waals surface area contributed by atoms with Gasteiger partial charge in [-0.15, -0.1) is 10.2 Å². The second-order valence-corrected chi connectivity index (χ2v) is 5.93. The third-order valence-corrected chi connectivity index (χ3v) is 4.12. The van der Waals surface area contributed by atoms with Crippen LogP contribution in [0.4, 0.5) is 5.13 Å². The lowest BCUT2D eigenvalue weighted by molar-refractivity contribution is 0.911. The summed E-state index contributed by atoms with van der Waals surface area (Å²) in [5.74, 6) is 0. The first kappa shape index (κ1) is 13.8. The van der Waals surface area contributed by atoms with Crippen molar-refractivity contribution in [1.82, 2.24) is 10.2 Å². The van der Waals surface area contributed by atoms with E-state index in [1.165, 1.54) is 33.6 Å². The van der Waals surface area contributed by atoms with Crippen molar-refractivity contribution in [2.75, 3.05) is 5.32 Å². The zero-order valence-corrected chi connectivity index (χ0v) is 12.9. The molecule has 2 aromatic carbocycles. The Balaban J connectivity index is 2.03. The lowest BCUT2D eigenvalue weighted by atomic mass is 9.94. The number of rotatable bonds is 4. The highest BCUT2D eigenvalue weighted by Gasteiger charge is 2.17. The number of aryl methyl sites for hydroxylation is 2. The molecule has 4 heteroatoms. The molecule has 0 bridgehead atoms. The summed E-state index contributed by atoms with van der Waals surface area (Å²) in [6.07, 6.45) is 0. The fourth-order valence-electron chi connectivity index (χ4n) is 2.50. The summed E-state index contributed by atoms with van der Waals surface area (Å²) in [4.78, 5) is 0. The molecule has 0 fully saturated rings. The molecule has 0 aliphatic rings. The Morgan fingerprint density at radius 2 is 1.86 bits per heavy atom. The highest BCUT2D eigenvalue weighted by atomic mass is 32.1. The number of hydrogen-bond donors (Lipinski definition) is 1. The molecule has 1 unspecified atom stereocenters. The summed E-state index contributed by atoms with van der Waals surface area (Å²) < 4.78 is 0. The van der Waals surface area contributed by atoms with E-state index in [1.807, 2.05) is 6.07 Å². The summed E-state index contributed by atoms with van der Waals surface area (Å²) in [5.41, 5.74) is 6.79. The summed E-state index contributed by atoms with van der Waals surface area (Å²) in [5, 5.41) is 12.4. The Hall–Kier alpha value is -2.20. The summed E-state index contributed by atoms with van der Waals surface area (Å²) in [6, 6.07) is 17.1. The molecule has 0 aliphatic carbocycles. The number of nitrogens with one attached hydrogen (secondary N) is 1. The molecular formula is C17H17N3S. The first-order valence-electron chi connectivity index (χ1n) is 6.89. The second kappa shape index (κ2) is 6.06. The van der Waals surface area contributed by atoms with Crippen LogP contribution < -0.4 is 5.32 Å². The van der Waals surface area contributed by atoms with Gasteiger partial charge in [-0.2, -0.15) is 0 Å². The topological polar surface area (TPSA) is 37.8 Å². The van der Waals surface area contributed by atoms with Crippen molar-refractivity contribution in [2.45, 2.75) is 19.9 Å². The van der Waals surface area contributed by atoms with Gasteiger partial charge in [0.25, 0.3) is 0 Å². The first-order valence-corrected chi connectivity index (χ1v) is 7.77. The average molecular weight is 295 g/mol. The van der Waals surface area contributed by atoms with E-state index in [9.17, 15) is 0 Å². The monoisotopic (exact) mass is 295 g/mol. The highest BCUT2D eigenvalue weighted by Crippen LogP contribution is 2.29. The van der Waals surface area contributed by atoms with Gasteiger partial charge in [-0.25, -0.2) is 0 Å². The van der Waals surface area contributed by atoms with Crippen LogP contribution in [0.3, 0.4) is 0 Å². The van der Waals surface area contributed by atoms with Crippen LogP contribution in [0.2, 0.25) is 0 Å². The molecule has 1 heterocycles. The van der Waals surface area contributed by atoms with Crippen LogP contribution in [0.1, 0.15) is 28.3 Å². The molecule has 0 spiro atoms. The van der Waals surface area contributed by atoms with Gasteiger partial charge in [0.1, 0.15) is 5.51 Å². The van der Waals surface area contributed by atoms with E-state index in [4.69, 9.17) is 0 Å². The Labute approximate surface area is 128 Å². The van der Waals surface area contributed by atoms with Crippen LogP contribution in [0.15, 0.2) is 54.0 Å². The SMILES string of the molecule is Cc1ccc(C(Nc2nncs2)c2ccccc2)c(C)c1. The minimum absolute atomic E-state index is 0.0831. The third-order valence-electron chi connectivity index (χ3n) is 3.50. The van der Waals surface area contributed by atoms with Gasteiger partial charge in [-0.1, -0.05) is 65.4 Å². The van der Waals surface area contributed by atoms with E-state index in [2.05, 4.69) is 71.8 Å². The Kier molecular flexibility index (Phi) is 3.97. The lowest BCUT2D eigenvalue weighted by Gasteiger charge is -2.21. The predicted octanol–water partition coefficient (Wildman–Crippen LogP) is 4.36. The molecule has 0 saturated heterocycles. The lowest BCUT2D eigenvalue weighted by Crippen LogP contribution is -2.13. The van der Waals surface area contributed by atoms with E-state index >= 15 is 0 Å². The Morgan fingerprint density at radius 3 is 2.52 bits per heavy atom. The number of aromatic nitrogens is 2. The van der Waals surface area contributed by atoms with Crippen molar-refractivity contribution in [2.24, 2.45) is 0 Å². The molecule has 1 N–H and O–H groups in total. The maximum absolute atomic E-state index is 4.11. The van der Waals surface area contributed by atoms with Gasteiger partial charge < -0.3 is 5.32 Å². The molecule has 0 radical (unpaired) electrons. The van der Waals surface area contributed by atoms with Crippen molar-refractivity contribution in [3.63, 3.8) is 0 Å². The van der Waals surface area contributed by atoms with E-state index in [1.54, 1.807) is 5.51 Å². The molecule has 3 nitrogen and oxygen atoms in total. The molecule has 3 rings (SSSR count). The van der Waals surface area contributed by atoms with Gasteiger partial charge in [0.2, 0.25) is 5.13 Å². The molecule has 0 saturated carbocycles. The molecule has 106 valence electrons. The van der Waals surface area contributed by atoms with Gasteiger partial charge in [0.05, 0.1) is 6.04 Å². The van der Waals surface area contributed by atoms with Crippen molar-refractivity contribution in [3.8, 4) is 0 Å². The zero-order valence-electron chi connectivity index (χ0n) is 12.1. The van der Waals surface area contributed by atoms with Crippen LogP contribution in [-0.2, 0) is 0 Å². The van der Waals surface area contributed by atoms with Crippen molar-refractivity contribution in [3.05, 3.63) is 76.3 Å². The van der Waals surface area contributed by atoms with E-state index < -0.39 is 0 Å². The normalized spacial score (nSPS) is 12.1. The Bertz CT molecular complexity index is 708. The summed E-state index contributed by atoms with van der Waals surface area (Å²) in [7, 11) is 0. The average Bonchev–Trinajstić information content (AvgIpc) is 2.99. The largest absolute Gasteiger partial charge is 0.349 e. The Morgan fingerprint density at radius 1 is 1.05 bits per heavy atom. The standard InChI is InChI=1S/C17H17N3S/c1-12-8-9-15(13(2)10-12)16(14-6-4-3-5-7-14)19-17-20-18-11-21-17/h3-11,16H,1-2H3,(H,19,20). The van der Waals surface area contributed by atoms with E-state index in [0.717, 1.165) is 5.13 Å². The van der Waals surface area contributed by atoms with Crippen molar-refractivity contribution >= 4 is 16.5 Å². The number of anilines is 1. The summed E-state index contributed by atoms with van der Waals surface area (Å²) in [6.45, 7) is 4.27. The molecular weight excluding hydrogens is 278 g/mol. The maximum Gasteiger partial charge on any atom is 0.206 e. The number of nitrogens with zero attached hydrogens (tertiary/aromatic N) is 2. The van der Waals surface area contributed by atoms with Gasteiger partial charge in [0, 0.05) is 0 Å². The predicted molar refractivity (Wildman–Crippen MR) is 87.7 cm³/mol. The van der Waals surface area contributed by atoms with Gasteiger partial charge in [-0.3, -0.25) is 0 Å². The molecule has 21 heavy (non-hydrogen) atoms. The number of benzene rings is 2. The zero-order chi connectivity index (χ0) is 14.7. The van der Waals surface area contributed by atoms with Crippen LogP contribution >= 0.6 is 11.3 Å². The second-order valence-electron chi connectivity index (χ2n) is 5.09. The quantitative estimate of drug-likeness (QED) is 0.777. The van der Waals surface area contributed by atoms with E-state index in [0.29, 0.717) is 0 Å². The number of hydrogen-bond acceptors (Lipinski definition) is 4. The minimum atomic E-state index is 0.0831. The minimum Gasteiger partial charge on any atom is -0.349 e.